The second kappa shape index (κ2) is 9.55. The highest BCUT2D eigenvalue weighted by Gasteiger charge is 2.17. The minimum absolute atomic E-state index is 0.191. The summed E-state index contributed by atoms with van der Waals surface area (Å²) in [4.78, 5) is 29.4. The summed E-state index contributed by atoms with van der Waals surface area (Å²) in [5.41, 5.74) is 6.34. The standard InChI is InChI=1S/C26H19ClN4O5/c1-34-21-12-17(27)10-16(24(21)35-14-23(28)32)13-29-31-25(22-11-15-6-2-5-9-20(15)36-22)30-19-8-4-3-7-18(19)26(31)33/h2-13H,14H2,1H3,(H2,28,32). The second-order valence-corrected chi connectivity index (χ2v) is 8.18. The number of furan rings is 1. The number of amides is 1. The first-order valence-corrected chi connectivity index (χ1v) is 11.2. The molecule has 0 radical (unpaired) electrons. The number of halogens is 1. The average Bonchev–Trinajstić information content (AvgIpc) is 3.31. The maximum Gasteiger partial charge on any atom is 0.282 e. The molecule has 0 saturated carbocycles. The third-order valence-electron chi connectivity index (χ3n) is 5.34. The molecule has 0 aliphatic rings. The quantitative estimate of drug-likeness (QED) is 0.332. The van der Waals surface area contributed by atoms with Crippen LogP contribution in [0.3, 0.4) is 0 Å². The molecule has 180 valence electrons. The molecule has 2 N–H and O–H groups in total. The molecule has 0 spiro atoms. The Morgan fingerprint density at radius 2 is 1.94 bits per heavy atom. The first-order valence-electron chi connectivity index (χ1n) is 10.8. The first kappa shape index (κ1) is 23.1. The Kier molecular flexibility index (Phi) is 6.14. The Bertz CT molecular complexity index is 1670. The summed E-state index contributed by atoms with van der Waals surface area (Å²) in [5.74, 6) is 0.366. The van der Waals surface area contributed by atoms with Crippen molar-refractivity contribution in [3.8, 4) is 23.1 Å². The fraction of sp³-hybridized carbons (Fsp3) is 0.0769. The molecule has 0 aliphatic heterocycles. The molecule has 1 amide bonds. The Morgan fingerprint density at radius 1 is 1.17 bits per heavy atom. The lowest BCUT2D eigenvalue weighted by molar-refractivity contribution is -0.119. The third-order valence-corrected chi connectivity index (χ3v) is 5.56. The predicted octanol–water partition coefficient (Wildman–Crippen LogP) is 4.22. The Morgan fingerprint density at radius 3 is 2.72 bits per heavy atom. The lowest BCUT2D eigenvalue weighted by Gasteiger charge is -2.13. The zero-order valence-electron chi connectivity index (χ0n) is 19.0. The van der Waals surface area contributed by atoms with Crippen molar-refractivity contribution in [3.05, 3.63) is 87.7 Å². The maximum atomic E-state index is 13.5. The van der Waals surface area contributed by atoms with E-state index in [1.54, 1.807) is 36.4 Å². The summed E-state index contributed by atoms with van der Waals surface area (Å²) in [6.45, 7) is -0.388. The van der Waals surface area contributed by atoms with Gasteiger partial charge in [0.25, 0.3) is 11.5 Å². The summed E-state index contributed by atoms with van der Waals surface area (Å²) in [6, 6.07) is 19.3. The van der Waals surface area contributed by atoms with Crippen molar-refractivity contribution in [2.24, 2.45) is 10.8 Å². The van der Waals surface area contributed by atoms with Crippen molar-refractivity contribution < 1.29 is 18.7 Å². The number of rotatable bonds is 7. The fourth-order valence-electron chi connectivity index (χ4n) is 3.74. The van der Waals surface area contributed by atoms with Gasteiger partial charge in [-0.2, -0.15) is 9.78 Å². The fourth-order valence-corrected chi connectivity index (χ4v) is 3.95. The van der Waals surface area contributed by atoms with Gasteiger partial charge in [-0.05, 0) is 30.3 Å². The van der Waals surface area contributed by atoms with E-state index >= 15 is 0 Å². The summed E-state index contributed by atoms with van der Waals surface area (Å²) in [5, 5.41) is 5.99. The number of para-hydroxylation sites is 2. The van der Waals surface area contributed by atoms with Crippen LogP contribution < -0.4 is 20.8 Å². The number of aromatic nitrogens is 2. The smallest absolute Gasteiger partial charge is 0.282 e. The number of nitrogens with zero attached hydrogens (tertiary/aromatic N) is 3. The van der Waals surface area contributed by atoms with E-state index in [2.05, 4.69) is 10.1 Å². The van der Waals surface area contributed by atoms with Crippen LogP contribution in [-0.2, 0) is 4.79 Å². The molecule has 9 nitrogen and oxygen atoms in total. The molecule has 36 heavy (non-hydrogen) atoms. The van der Waals surface area contributed by atoms with Crippen LogP contribution in [0.4, 0.5) is 0 Å². The van der Waals surface area contributed by atoms with Gasteiger partial charge in [-0.3, -0.25) is 9.59 Å². The number of methoxy groups -OCH3 is 1. The summed E-state index contributed by atoms with van der Waals surface area (Å²) in [7, 11) is 1.43. The van der Waals surface area contributed by atoms with E-state index in [0.717, 1.165) is 10.1 Å². The largest absolute Gasteiger partial charge is 0.493 e. The van der Waals surface area contributed by atoms with E-state index in [1.807, 2.05) is 24.3 Å². The van der Waals surface area contributed by atoms with E-state index < -0.39 is 11.5 Å². The number of carbonyl (C=O) groups excluding carboxylic acids is 1. The molecular formula is C26H19ClN4O5. The van der Waals surface area contributed by atoms with Crippen LogP contribution in [0.1, 0.15) is 5.56 Å². The maximum absolute atomic E-state index is 13.5. The molecule has 2 aromatic heterocycles. The van der Waals surface area contributed by atoms with Crippen LogP contribution >= 0.6 is 11.6 Å². The van der Waals surface area contributed by atoms with Gasteiger partial charge in [-0.25, -0.2) is 4.98 Å². The number of benzene rings is 3. The van der Waals surface area contributed by atoms with Crippen molar-refractivity contribution in [2.45, 2.75) is 0 Å². The Balaban J connectivity index is 1.70. The summed E-state index contributed by atoms with van der Waals surface area (Å²) >= 11 is 6.24. The highest BCUT2D eigenvalue weighted by atomic mass is 35.5. The zero-order valence-corrected chi connectivity index (χ0v) is 19.7. The molecule has 0 atom stereocenters. The monoisotopic (exact) mass is 502 g/mol. The highest BCUT2D eigenvalue weighted by Crippen LogP contribution is 2.34. The van der Waals surface area contributed by atoms with Gasteiger partial charge in [-0.1, -0.05) is 41.9 Å². The SMILES string of the molecule is COc1cc(Cl)cc(C=Nn2c(-c3cc4ccccc4o3)nc3ccccc3c2=O)c1OCC(N)=O. The van der Waals surface area contributed by atoms with Gasteiger partial charge < -0.3 is 19.6 Å². The molecule has 0 bridgehead atoms. The number of hydrogen-bond donors (Lipinski definition) is 1. The zero-order chi connectivity index (χ0) is 25.2. The molecule has 0 aliphatic carbocycles. The van der Waals surface area contributed by atoms with Gasteiger partial charge in [0.05, 0.1) is 24.2 Å². The number of nitrogens with two attached hydrogens (primary N) is 1. The van der Waals surface area contributed by atoms with Crippen LogP contribution in [0.5, 0.6) is 11.5 Å². The predicted molar refractivity (Wildman–Crippen MR) is 137 cm³/mol. The lowest BCUT2D eigenvalue weighted by atomic mass is 10.2. The van der Waals surface area contributed by atoms with Crippen LogP contribution in [-0.4, -0.2) is 35.5 Å². The third kappa shape index (κ3) is 4.39. The van der Waals surface area contributed by atoms with Crippen LogP contribution in [0.2, 0.25) is 5.02 Å². The normalized spacial score (nSPS) is 11.4. The van der Waals surface area contributed by atoms with Crippen LogP contribution in [0.15, 0.2) is 81.0 Å². The first-order chi connectivity index (χ1) is 17.4. The highest BCUT2D eigenvalue weighted by molar-refractivity contribution is 6.31. The van der Waals surface area contributed by atoms with E-state index in [0.29, 0.717) is 32.8 Å². The van der Waals surface area contributed by atoms with Crippen molar-refractivity contribution in [1.82, 2.24) is 9.66 Å². The molecule has 2 heterocycles. The minimum Gasteiger partial charge on any atom is -0.493 e. The van der Waals surface area contributed by atoms with Crippen molar-refractivity contribution in [2.75, 3.05) is 13.7 Å². The van der Waals surface area contributed by atoms with Gasteiger partial charge in [0, 0.05) is 22.0 Å². The van der Waals surface area contributed by atoms with E-state index in [9.17, 15) is 9.59 Å². The summed E-state index contributed by atoms with van der Waals surface area (Å²) in [6.07, 6.45) is 1.37. The lowest BCUT2D eigenvalue weighted by Crippen LogP contribution is -2.21. The van der Waals surface area contributed by atoms with Crippen molar-refractivity contribution in [1.29, 1.82) is 0 Å². The Hall–Kier alpha value is -4.63. The molecule has 0 fully saturated rings. The van der Waals surface area contributed by atoms with Gasteiger partial charge in [0.1, 0.15) is 5.58 Å². The van der Waals surface area contributed by atoms with E-state index in [1.165, 1.54) is 19.4 Å². The molecule has 10 heteroatoms. The van der Waals surface area contributed by atoms with Crippen LogP contribution in [0.25, 0.3) is 33.5 Å². The number of hydrogen-bond acceptors (Lipinski definition) is 7. The number of fused-ring (bicyclic) bond motifs is 2. The average molecular weight is 503 g/mol. The van der Waals surface area contributed by atoms with E-state index in [4.69, 9.17) is 31.2 Å². The van der Waals surface area contributed by atoms with Crippen molar-refractivity contribution in [3.63, 3.8) is 0 Å². The molecule has 0 saturated heterocycles. The molecule has 0 unspecified atom stereocenters. The molecule has 3 aromatic carbocycles. The van der Waals surface area contributed by atoms with Crippen LogP contribution in [0, 0.1) is 0 Å². The van der Waals surface area contributed by atoms with Crippen molar-refractivity contribution >= 4 is 45.6 Å². The molecule has 5 rings (SSSR count). The molecular weight excluding hydrogens is 484 g/mol. The number of primary amides is 1. The minimum atomic E-state index is -0.669. The van der Waals surface area contributed by atoms with Gasteiger partial charge in [0.2, 0.25) is 5.82 Å². The number of carbonyl (C=O) groups is 1. The van der Waals surface area contributed by atoms with Gasteiger partial charge >= 0.3 is 0 Å². The summed E-state index contributed by atoms with van der Waals surface area (Å²) < 4.78 is 18.0. The second-order valence-electron chi connectivity index (χ2n) is 7.74. The number of ether oxygens (including phenoxy) is 2. The Labute approximate surface area is 209 Å². The molecule has 5 aromatic rings. The topological polar surface area (TPSA) is 122 Å². The van der Waals surface area contributed by atoms with E-state index in [-0.39, 0.29) is 23.9 Å². The van der Waals surface area contributed by atoms with Gasteiger partial charge in [-0.15, -0.1) is 0 Å². The van der Waals surface area contributed by atoms with Gasteiger partial charge in [0.15, 0.2) is 23.9 Å².